The van der Waals surface area contributed by atoms with Crippen molar-refractivity contribution in [3.05, 3.63) is 81.0 Å². The minimum Gasteiger partial charge on any atom is -0.454 e. The second-order valence-corrected chi connectivity index (χ2v) is 13.7. The first-order valence-electron chi connectivity index (χ1n) is 14.0. The Balaban J connectivity index is 1.22. The number of likely N-dealkylation sites (tertiary alicyclic amines) is 1. The first-order chi connectivity index (χ1) is 20.6. The Hall–Kier alpha value is -3.23. The fourth-order valence-corrected chi connectivity index (χ4v) is 7.12. The summed E-state index contributed by atoms with van der Waals surface area (Å²) in [4.78, 5) is 21.5. The van der Waals surface area contributed by atoms with E-state index in [-0.39, 0.29) is 44.8 Å². The minimum absolute atomic E-state index is 0.0475. The van der Waals surface area contributed by atoms with E-state index in [1.165, 1.54) is 24.3 Å². The zero-order valence-corrected chi connectivity index (χ0v) is 26.6. The maximum atomic E-state index is 13.4. The number of aryl methyl sites for hydroxylation is 1. The predicted octanol–water partition coefficient (Wildman–Crippen LogP) is 7.09. The molecule has 3 aromatic rings. The number of benzene rings is 2. The molecule has 1 amide bonds. The van der Waals surface area contributed by atoms with Crippen molar-refractivity contribution in [2.45, 2.75) is 56.5 Å². The molecular formula is C30H30Cl3N5O4S. The molecule has 9 nitrogen and oxygen atoms in total. The summed E-state index contributed by atoms with van der Waals surface area (Å²) in [5.41, 5.74) is 0.943. The largest absolute Gasteiger partial charge is 0.454 e. The molecule has 1 fully saturated rings. The molecule has 43 heavy (non-hydrogen) atoms. The van der Waals surface area contributed by atoms with Gasteiger partial charge < -0.3 is 14.5 Å². The van der Waals surface area contributed by atoms with Crippen LogP contribution in [0.3, 0.4) is 0 Å². The van der Waals surface area contributed by atoms with Crippen LogP contribution in [0.1, 0.15) is 49.7 Å². The van der Waals surface area contributed by atoms with Crippen molar-refractivity contribution in [2.24, 2.45) is 0 Å². The van der Waals surface area contributed by atoms with E-state index < -0.39 is 9.84 Å². The Morgan fingerprint density at radius 2 is 1.88 bits per heavy atom. The quantitative estimate of drug-likeness (QED) is 0.228. The van der Waals surface area contributed by atoms with Crippen molar-refractivity contribution < 1.29 is 17.9 Å². The first kappa shape index (κ1) is 31.2. The number of amides is 1. The van der Waals surface area contributed by atoms with Gasteiger partial charge in [0.25, 0.3) is 0 Å². The van der Waals surface area contributed by atoms with Crippen molar-refractivity contribution in [1.29, 1.82) is 5.26 Å². The number of unbranched alkanes of at least 4 members (excludes halogenated alkanes) is 1. The van der Waals surface area contributed by atoms with Gasteiger partial charge in [0, 0.05) is 36.6 Å². The number of hydrogen-bond donors (Lipinski definition) is 0. The fraction of sp³-hybridized carbons (Fsp3) is 0.367. The van der Waals surface area contributed by atoms with Crippen molar-refractivity contribution in [1.82, 2.24) is 19.4 Å². The van der Waals surface area contributed by atoms with E-state index in [0.29, 0.717) is 36.2 Å². The van der Waals surface area contributed by atoms with Gasteiger partial charge in [-0.25, -0.2) is 22.8 Å². The van der Waals surface area contributed by atoms with E-state index in [9.17, 15) is 18.5 Å². The lowest BCUT2D eigenvalue weighted by atomic mass is 10.0. The number of ether oxygens (including phenoxy) is 1. The zero-order valence-electron chi connectivity index (χ0n) is 23.5. The number of sulfone groups is 1. The number of nitriles is 1. The SMILES string of the molecule is CCCCc1nc(Cl)c2n1C(=O)N(C1CCN(C=CCS(=O)(=O)c3cc(C#N)ccc3Oc3cc(Cl)ccc3Cl)CC1)C2. The van der Waals surface area contributed by atoms with E-state index in [2.05, 4.69) is 11.9 Å². The molecule has 1 saturated heterocycles. The van der Waals surface area contributed by atoms with Gasteiger partial charge >= 0.3 is 6.03 Å². The second kappa shape index (κ2) is 13.2. The molecule has 2 aliphatic rings. The van der Waals surface area contributed by atoms with E-state index in [1.54, 1.807) is 29.0 Å². The summed E-state index contributed by atoms with van der Waals surface area (Å²) in [5, 5.41) is 10.4. The van der Waals surface area contributed by atoms with E-state index in [4.69, 9.17) is 39.5 Å². The summed E-state index contributed by atoms with van der Waals surface area (Å²) in [6, 6.07) is 10.8. The standard InChI is InChI=1S/C30H30Cl3N5O4S/c1-2-3-5-28-35-29(33)24-19-37(30(39)38(24)28)22-10-13-36(14-11-22)12-4-15-43(40,41)27-16-20(18-34)6-9-25(27)42-26-17-21(31)7-8-23(26)32/h4,6-9,12,16-17,22H,2-3,5,10-11,13-15,19H2,1H3. The third kappa shape index (κ3) is 6.80. The van der Waals surface area contributed by atoms with Gasteiger partial charge in [-0.15, -0.1) is 0 Å². The lowest BCUT2D eigenvalue weighted by Crippen LogP contribution is -2.44. The van der Waals surface area contributed by atoms with Gasteiger partial charge in [0.2, 0.25) is 0 Å². The lowest BCUT2D eigenvalue weighted by molar-refractivity contribution is 0.146. The van der Waals surface area contributed by atoms with Gasteiger partial charge in [0.1, 0.15) is 22.2 Å². The Morgan fingerprint density at radius 1 is 1.12 bits per heavy atom. The molecule has 2 aliphatic heterocycles. The van der Waals surface area contributed by atoms with E-state index >= 15 is 0 Å². The van der Waals surface area contributed by atoms with E-state index in [0.717, 1.165) is 37.2 Å². The molecular weight excluding hydrogens is 633 g/mol. The molecule has 5 rings (SSSR count). The number of imidazole rings is 1. The van der Waals surface area contributed by atoms with Crippen molar-refractivity contribution in [2.75, 3.05) is 18.8 Å². The van der Waals surface area contributed by atoms with Gasteiger partial charge in [-0.1, -0.05) is 54.2 Å². The number of aromatic nitrogens is 2. The number of rotatable bonds is 10. The Kier molecular flexibility index (Phi) is 9.57. The van der Waals surface area contributed by atoms with Gasteiger partial charge in [-0.2, -0.15) is 5.26 Å². The molecule has 2 aromatic carbocycles. The summed E-state index contributed by atoms with van der Waals surface area (Å²) < 4.78 is 34.3. The van der Waals surface area contributed by atoms with Gasteiger partial charge in [-0.05, 0) is 55.8 Å². The molecule has 0 saturated carbocycles. The van der Waals surface area contributed by atoms with E-state index in [1.807, 2.05) is 15.9 Å². The maximum absolute atomic E-state index is 13.4. The van der Waals surface area contributed by atoms with Gasteiger partial charge in [-0.3, -0.25) is 0 Å². The number of fused-ring (bicyclic) bond motifs is 1. The van der Waals surface area contributed by atoms with Crippen molar-refractivity contribution in [3.8, 4) is 17.6 Å². The third-order valence-corrected chi connectivity index (χ3v) is 10.1. The van der Waals surface area contributed by atoms with Gasteiger partial charge in [0.15, 0.2) is 15.0 Å². The number of halogens is 3. The second-order valence-electron chi connectivity index (χ2n) is 10.5. The molecule has 0 spiro atoms. The lowest BCUT2D eigenvalue weighted by Gasteiger charge is -2.35. The summed E-state index contributed by atoms with van der Waals surface area (Å²) >= 11 is 18.6. The number of hydrogen-bond acceptors (Lipinski definition) is 7. The van der Waals surface area contributed by atoms with Crippen LogP contribution in [0.15, 0.2) is 53.6 Å². The topological polar surface area (TPSA) is 109 Å². The predicted molar refractivity (Wildman–Crippen MR) is 166 cm³/mol. The number of carbonyl (C=O) groups is 1. The molecule has 0 atom stereocenters. The number of piperidine rings is 1. The monoisotopic (exact) mass is 661 g/mol. The molecule has 13 heteroatoms. The molecule has 3 heterocycles. The smallest absolute Gasteiger partial charge is 0.330 e. The van der Waals surface area contributed by atoms with Crippen LogP contribution in [-0.2, 0) is 22.8 Å². The highest BCUT2D eigenvalue weighted by molar-refractivity contribution is 7.91. The van der Waals surface area contributed by atoms with Crippen LogP contribution < -0.4 is 4.74 Å². The van der Waals surface area contributed by atoms with Crippen LogP contribution in [0.2, 0.25) is 15.2 Å². The highest BCUT2D eigenvalue weighted by Gasteiger charge is 2.37. The molecule has 0 N–H and O–H groups in total. The van der Waals surface area contributed by atoms with Crippen molar-refractivity contribution >= 4 is 50.7 Å². The van der Waals surface area contributed by atoms with Crippen molar-refractivity contribution in [3.63, 3.8) is 0 Å². The first-order valence-corrected chi connectivity index (χ1v) is 16.8. The van der Waals surface area contributed by atoms with Crippen LogP contribution in [0.25, 0.3) is 0 Å². The molecule has 1 aromatic heterocycles. The fourth-order valence-electron chi connectivity index (χ4n) is 5.32. The average molecular weight is 663 g/mol. The van der Waals surface area contributed by atoms with Crippen LogP contribution in [0, 0.1) is 11.3 Å². The maximum Gasteiger partial charge on any atom is 0.330 e. The minimum atomic E-state index is -3.88. The average Bonchev–Trinajstić information content (AvgIpc) is 3.50. The Labute approximate surface area is 266 Å². The summed E-state index contributed by atoms with van der Waals surface area (Å²) in [7, 11) is -3.88. The summed E-state index contributed by atoms with van der Waals surface area (Å²) in [5.74, 6) is 0.675. The molecule has 0 radical (unpaired) electrons. The van der Waals surface area contributed by atoms with Crippen LogP contribution in [-0.4, -0.2) is 58.7 Å². The Bertz CT molecular complexity index is 1710. The van der Waals surface area contributed by atoms with Crippen LogP contribution in [0.4, 0.5) is 4.79 Å². The molecule has 0 unspecified atom stereocenters. The van der Waals surface area contributed by atoms with Gasteiger partial charge in [0.05, 0.1) is 34.6 Å². The number of nitrogens with zero attached hydrogens (tertiary/aromatic N) is 5. The highest BCUT2D eigenvalue weighted by atomic mass is 35.5. The summed E-state index contributed by atoms with van der Waals surface area (Å²) in [6.45, 7) is 3.88. The molecule has 0 aliphatic carbocycles. The Morgan fingerprint density at radius 3 is 2.60 bits per heavy atom. The molecule has 226 valence electrons. The highest BCUT2D eigenvalue weighted by Crippen LogP contribution is 2.36. The third-order valence-electron chi connectivity index (χ3n) is 7.60. The van der Waals surface area contributed by atoms with Crippen LogP contribution >= 0.6 is 34.8 Å². The normalized spacial score (nSPS) is 15.7. The summed E-state index contributed by atoms with van der Waals surface area (Å²) in [6.07, 6.45) is 7.50. The zero-order chi connectivity index (χ0) is 30.7. The van der Waals surface area contributed by atoms with Crippen LogP contribution in [0.5, 0.6) is 11.5 Å². The molecule has 0 bridgehead atoms. The number of carbonyl (C=O) groups excluding carboxylic acids is 1.